The molecule has 2 heterocycles. The van der Waals surface area contributed by atoms with E-state index in [4.69, 9.17) is 9.47 Å². The molecule has 0 aromatic heterocycles. The van der Waals surface area contributed by atoms with Crippen molar-refractivity contribution < 1.29 is 14.3 Å². The molecule has 14 heavy (non-hydrogen) atoms. The Hall–Kier alpha value is -0.610. The summed E-state index contributed by atoms with van der Waals surface area (Å²) >= 11 is 0. The summed E-state index contributed by atoms with van der Waals surface area (Å²) in [5, 5.41) is 0. The average Bonchev–Trinajstić information content (AvgIpc) is 2.67. The van der Waals surface area contributed by atoms with Crippen molar-refractivity contribution in [2.24, 2.45) is 0 Å². The predicted octanol–water partition coefficient (Wildman–Crippen LogP) is 0.762. The second-order valence-electron chi connectivity index (χ2n) is 3.96. The first-order valence-corrected chi connectivity index (χ1v) is 5.34. The highest BCUT2D eigenvalue weighted by atomic mass is 16.5. The van der Waals surface area contributed by atoms with Gasteiger partial charge in [-0.1, -0.05) is 0 Å². The lowest BCUT2D eigenvalue weighted by Crippen LogP contribution is -2.32. The van der Waals surface area contributed by atoms with Gasteiger partial charge in [-0.15, -0.1) is 0 Å². The number of nitrogens with zero attached hydrogens (tertiary/aromatic N) is 1. The molecule has 2 rings (SSSR count). The summed E-state index contributed by atoms with van der Waals surface area (Å²) in [6, 6.07) is 0. The zero-order valence-corrected chi connectivity index (χ0v) is 8.41. The lowest BCUT2D eigenvalue weighted by molar-refractivity contribution is -0.155. The fourth-order valence-corrected chi connectivity index (χ4v) is 1.92. The molecule has 2 fully saturated rings. The Kier molecular flexibility index (Phi) is 3.37. The van der Waals surface area contributed by atoms with Gasteiger partial charge in [0.15, 0.2) is 0 Å². The fraction of sp³-hybridized carbons (Fsp3) is 0.900. The molecule has 0 amide bonds. The number of hydrogen-bond donors (Lipinski definition) is 0. The van der Waals surface area contributed by atoms with Crippen molar-refractivity contribution in [2.75, 3.05) is 26.4 Å². The van der Waals surface area contributed by atoms with Crippen molar-refractivity contribution in [2.45, 2.75) is 31.8 Å². The van der Waals surface area contributed by atoms with E-state index in [1.54, 1.807) is 0 Å². The molecule has 80 valence electrons. The van der Waals surface area contributed by atoms with Crippen molar-refractivity contribution in [3.8, 4) is 0 Å². The normalized spacial score (nSPS) is 29.1. The zero-order chi connectivity index (χ0) is 9.80. The second kappa shape index (κ2) is 4.75. The maximum Gasteiger partial charge on any atom is 0.308 e. The Labute approximate surface area is 84.2 Å². The molecular formula is C10H17NO3. The van der Waals surface area contributed by atoms with E-state index < -0.39 is 0 Å². The smallest absolute Gasteiger partial charge is 0.308 e. The van der Waals surface area contributed by atoms with Gasteiger partial charge in [-0.25, -0.2) is 0 Å². The Morgan fingerprint density at radius 3 is 2.93 bits per heavy atom. The van der Waals surface area contributed by atoms with Gasteiger partial charge < -0.3 is 9.47 Å². The van der Waals surface area contributed by atoms with Crippen LogP contribution in [0.5, 0.6) is 0 Å². The lowest BCUT2D eigenvalue weighted by Gasteiger charge is -2.24. The summed E-state index contributed by atoms with van der Waals surface area (Å²) < 4.78 is 10.5. The van der Waals surface area contributed by atoms with E-state index in [2.05, 4.69) is 4.90 Å². The van der Waals surface area contributed by atoms with Crippen LogP contribution in [0.25, 0.3) is 0 Å². The number of cyclic esters (lactones) is 1. The van der Waals surface area contributed by atoms with Gasteiger partial charge in [0, 0.05) is 19.5 Å². The molecule has 4 nitrogen and oxygen atoms in total. The zero-order valence-electron chi connectivity index (χ0n) is 8.41. The maximum atomic E-state index is 11.0. The lowest BCUT2D eigenvalue weighted by atomic mass is 10.1. The third-order valence-corrected chi connectivity index (χ3v) is 2.79. The monoisotopic (exact) mass is 199 g/mol. The fourth-order valence-electron chi connectivity index (χ4n) is 1.92. The minimum absolute atomic E-state index is 0.0804. The molecule has 2 saturated heterocycles. The standard InChI is InChI=1S/C10H17NO3/c12-10-7-9(3-6-13-10)14-8-11-4-1-2-5-11/h9H,1-8H2. The highest BCUT2D eigenvalue weighted by Crippen LogP contribution is 2.14. The van der Waals surface area contributed by atoms with Crippen LogP contribution in [0, 0.1) is 0 Å². The first kappa shape index (κ1) is 9.93. The van der Waals surface area contributed by atoms with Crippen LogP contribution in [0.4, 0.5) is 0 Å². The molecule has 0 aliphatic carbocycles. The highest BCUT2D eigenvalue weighted by Gasteiger charge is 2.22. The van der Waals surface area contributed by atoms with E-state index >= 15 is 0 Å². The summed E-state index contributed by atoms with van der Waals surface area (Å²) in [7, 11) is 0. The largest absolute Gasteiger partial charge is 0.465 e. The number of ether oxygens (including phenoxy) is 2. The molecule has 2 aliphatic heterocycles. The first-order valence-electron chi connectivity index (χ1n) is 5.34. The third-order valence-electron chi connectivity index (χ3n) is 2.79. The van der Waals surface area contributed by atoms with Crippen LogP contribution < -0.4 is 0 Å². The number of likely N-dealkylation sites (tertiary alicyclic amines) is 1. The number of carbonyl (C=O) groups is 1. The van der Waals surface area contributed by atoms with E-state index in [1.165, 1.54) is 12.8 Å². The van der Waals surface area contributed by atoms with E-state index in [9.17, 15) is 4.79 Å². The number of carbonyl (C=O) groups excluding carboxylic acids is 1. The Morgan fingerprint density at radius 1 is 1.43 bits per heavy atom. The third kappa shape index (κ3) is 2.69. The van der Waals surface area contributed by atoms with E-state index in [0.717, 1.165) is 19.5 Å². The molecule has 2 aliphatic rings. The van der Waals surface area contributed by atoms with Crippen molar-refractivity contribution >= 4 is 5.97 Å². The van der Waals surface area contributed by atoms with Gasteiger partial charge in [0.2, 0.25) is 0 Å². The van der Waals surface area contributed by atoms with Crippen LogP contribution in [-0.4, -0.2) is 43.4 Å². The summed E-state index contributed by atoms with van der Waals surface area (Å²) in [6.07, 6.45) is 3.90. The van der Waals surface area contributed by atoms with Crippen LogP contribution in [0.1, 0.15) is 25.7 Å². The Morgan fingerprint density at radius 2 is 2.21 bits per heavy atom. The number of esters is 1. The molecular weight excluding hydrogens is 182 g/mol. The van der Waals surface area contributed by atoms with Gasteiger partial charge in [-0.2, -0.15) is 0 Å². The molecule has 0 bridgehead atoms. The van der Waals surface area contributed by atoms with Gasteiger partial charge in [0.1, 0.15) is 0 Å². The van der Waals surface area contributed by atoms with Crippen LogP contribution in [0.15, 0.2) is 0 Å². The van der Waals surface area contributed by atoms with E-state index in [-0.39, 0.29) is 12.1 Å². The van der Waals surface area contributed by atoms with Gasteiger partial charge in [0.25, 0.3) is 0 Å². The number of rotatable bonds is 3. The second-order valence-corrected chi connectivity index (χ2v) is 3.96. The van der Waals surface area contributed by atoms with E-state index in [0.29, 0.717) is 19.8 Å². The summed E-state index contributed by atoms with van der Waals surface area (Å²) in [5.41, 5.74) is 0. The van der Waals surface area contributed by atoms with Gasteiger partial charge >= 0.3 is 5.97 Å². The molecule has 0 aromatic rings. The number of hydrogen-bond acceptors (Lipinski definition) is 4. The first-order chi connectivity index (χ1) is 6.84. The van der Waals surface area contributed by atoms with Gasteiger partial charge in [-0.05, 0) is 12.8 Å². The maximum absolute atomic E-state index is 11.0. The SMILES string of the molecule is O=C1CC(OCN2CCCC2)CCO1. The molecule has 1 atom stereocenters. The minimum atomic E-state index is -0.123. The van der Waals surface area contributed by atoms with Crippen molar-refractivity contribution in [1.29, 1.82) is 0 Å². The molecule has 1 unspecified atom stereocenters. The summed E-state index contributed by atoms with van der Waals surface area (Å²) in [5.74, 6) is -0.123. The molecule has 4 heteroatoms. The predicted molar refractivity (Wildman–Crippen MR) is 50.7 cm³/mol. The van der Waals surface area contributed by atoms with Crippen LogP contribution >= 0.6 is 0 Å². The van der Waals surface area contributed by atoms with Gasteiger partial charge in [-0.3, -0.25) is 9.69 Å². The van der Waals surface area contributed by atoms with Crippen LogP contribution in [0.3, 0.4) is 0 Å². The molecule has 0 N–H and O–H groups in total. The van der Waals surface area contributed by atoms with Crippen LogP contribution in [0.2, 0.25) is 0 Å². The average molecular weight is 199 g/mol. The highest BCUT2D eigenvalue weighted by molar-refractivity contribution is 5.70. The topological polar surface area (TPSA) is 38.8 Å². The van der Waals surface area contributed by atoms with Gasteiger partial charge in [0.05, 0.1) is 25.9 Å². The summed E-state index contributed by atoms with van der Waals surface area (Å²) in [6.45, 7) is 3.47. The molecule has 0 radical (unpaired) electrons. The molecule has 0 saturated carbocycles. The quantitative estimate of drug-likeness (QED) is 0.629. The van der Waals surface area contributed by atoms with Crippen molar-refractivity contribution in [3.63, 3.8) is 0 Å². The summed E-state index contributed by atoms with van der Waals surface area (Å²) in [4.78, 5) is 13.2. The van der Waals surface area contributed by atoms with Crippen LogP contribution in [-0.2, 0) is 14.3 Å². The van der Waals surface area contributed by atoms with E-state index in [1.807, 2.05) is 0 Å². The minimum Gasteiger partial charge on any atom is -0.465 e. The Balaban J connectivity index is 1.66. The van der Waals surface area contributed by atoms with Crippen molar-refractivity contribution in [3.05, 3.63) is 0 Å². The molecule has 0 aromatic carbocycles. The molecule has 0 spiro atoms. The van der Waals surface area contributed by atoms with Crippen molar-refractivity contribution in [1.82, 2.24) is 4.90 Å². The Bertz CT molecular complexity index is 202.